The molecule has 1 unspecified atom stereocenters. The van der Waals surface area contributed by atoms with E-state index in [4.69, 9.17) is 0 Å². The summed E-state index contributed by atoms with van der Waals surface area (Å²) in [7, 11) is 0. The van der Waals surface area contributed by atoms with E-state index in [0.29, 0.717) is 24.4 Å². The maximum absolute atomic E-state index is 11.7. The van der Waals surface area contributed by atoms with Crippen LogP contribution >= 0.6 is 0 Å². The van der Waals surface area contributed by atoms with Crippen molar-refractivity contribution >= 4 is 11.7 Å². The van der Waals surface area contributed by atoms with Gasteiger partial charge in [0.15, 0.2) is 0 Å². The van der Waals surface area contributed by atoms with Crippen LogP contribution in [0.2, 0.25) is 0 Å². The Hall–Kier alpha value is -0.860. The minimum absolute atomic E-state index is 0.0500. The molecule has 0 bridgehead atoms. The Balaban J connectivity index is 2.00. The molecule has 2 rings (SSSR count). The van der Waals surface area contributed by atoms with Gasteiger partial charge in [-0.25, -0.2) is 0 Å². The largest absolute Gasteiger partial charge is 0.339 e. The van der Waals surface area contributed by atoms with Crippen LogP contribution in [0.5, 0.6) is 0 Å². The summed E-state index contributed by atoms with van der Waals surface area (Å²) in [5, 5.41) is 0. The van der Waals surface area contributed by atoms with Crippen molar-refractivity contribution in [2.24, 2.45) is 5.41 Å². The number of ketones is 1. The third-order valence-electron chi connectivity index (χ3n) is 3.68. The van der Waals surface area contributed by atoms with Crippen molar-refractivity contribution in [3.05, 3.63) is 0 Å². The Morgan fingerprint density at radius 1 is 1.33 bits per heavy atom. The SMILES string of the molecule is CC1(C)CCC(N2CCC(=O)CC2=O)C1. The van der Waals surface area contributed by atoms with Gasteiger partial charge in [-0.1, -0.05) is 13.8 Å². The van der Waals surface area contributed by atoms with Crippen LogP contribution in [0.4, 0.5) is 0 Å². The van der Waals surface area contributed by atoms with Crippen LogP contribution in [0.1, 0.15) is 46.0 Å². The first-order valence-corrected chi connectivity index (χ1v) is 5.79. The molecule has 0 aromatic heterocycles. The normalized spacial score (nSPS) is 31.1. The molecule has 1 aliphatic heterocycles. The number of nitrogens with zero attached hydrogens (tertiary/aromatic N) is 1. The minimum atomic E-state index is 0.0500. The van der Waals surface area contributed by atoms with Crippen LogP contribution in [-0.2, 0) is 9.59 Å². The Labute approximate surface area is 90.8 Å². The van der Waals surface area contributed by atoms with Crippen LogP contribution < -0.4 is 0 Å². The van der Waals surface area contributed by atoms with Gasteiger partial charge in [-0.15, -0.1) is 0 Å². The molecule has 1 amide bonds. The molecule has 0 N–H and O–H groups in total. The first kappa shape index (κ1) is 10.7. The summed E-state index contributed by atoms with van der Waals surface area (Å²) < 4.78 is 0. The molecule has 1 aliphatic carbocycles. The molecule has 2 aliphatic rings. The third-order valence-corrected chi connectivity index (χ3v) is 3.68. The molecule has 1 heterocycles. The highest BCUT2D eigenvalue weighted by Crippen LogP contribution is 2.39. The molecule has 1 atom stereocenters. The minimum Gasteiger partial charge on any atom is -0.339 e. The molecule has 3 nitrogen and oxygen atoms in total. The summed E-state index contributed by atoms with van der Waals surface area (Å²) in [5.41, 5.74) is 0.367. The maximum Gasteiger partial charge on any atom is 0.230 e. The molecular weight excluding hydrogens is 190 g/mol. The highest BCUT2D eigenvalue weighted by Gasteiger charge is 2.37. The van der Waals surface area contributed by atoms with Gasteiger partial charge >= 0.3 is 0 Å². The van der Waals surface area contributed by atoms with Gasteiger partial charge < -0.3 is 4.90 Å². The lowest BCUT2D eigenvalue weighted by Crippen LogP contribution is -2.44. The Bertz CT molecular complexity index is 296. The lowest BCUT2D eigenvalue weighted by atomic mass is 9.91. The molecule has 0 radical (unpaired) electrons. The Kier molecular flexibility index (Phi) is 2.57. The second-order valence-corrected chi connectivity index (χ2v) is 5.61. The summed E-state index contributed by atoms with van der Waals surface area (Å²) in [4.78, 5) is 24.8. The van der Waals surface area contributed by atoms with Crippen molar-refractivity contribution in [1.82, 2.24) is 4.90 Å². The number of amides is 1. The monoisotopic (exact) mass is 209 g/mol. The maximum atomic E-state index is 11.7. The third kappa shape index (κ3) is 2.21. The number of rotatable bonds is 1. The average molecular weight is 209 g/mol. The van der Waals surface area contributed by atoms with E-state index in [1.807, 2.05) is 4.90 Å². The van der Waals surface area contributed by atoms with Gasteiger partial charge in [0.25, 0.3) is 0 Å². The van der Waals surface area contributed by atoms with Gasteiger partial charge in [0.1, 0.15) is 5.78 Å². The quantitative estimate of drug-likeness (QED) is 0.617. The fourth-order valence-corrected chi connectivity index (χ4v) is 2.78. The van der Waals surface area contributed by atoms with Crippen LogP contribution in [-0.4, -0.2) is 29.2 Å². The van der Waals surface area contributed by atoms with Gasteiger partial charge in [0.2, 0.25) is 5.91 Å². The molecular formula is C12H19NO2. The van der Waals surface area contributed by atoms with Crippen LogP contribution in [0.15, 0.2) is 0 Å². The van der Waals surface area contributed by atoms with E-state index in [9.17, 15) is 9.59 Å². The Morgan fingerprint density at radius 2 is 2.07 bits per heavy atom. The lowest BCUT2D eigenvalue weighted by molar-refractivity contribution is -0.141. The molecule has 84 valence electrons. The zero-order valence-corrected chi connectivity index (χ0v) is 9.58. The van der Waals surface area contributed by atoms with Crippen molar-refractivity contribution in [2.45, 2.75) is 52.0 Å². The highest BCUT2D eigenvalue weighted by atomic mass is 16.2. The summed E-state index contributed by atoms with van der Waals surface area (Å²) in [6.07, 6.45) is 4.08. The van der Waals surface area contributed by atoms with Crippen molar-refractivity contribution < 1.29 is 9.59 Å². The number of hydrogen-bond acceptors (Lipinski definition) is 2. The zero-order valence-electron chi connectivity index (χ0n) is 9.58. The average Bonchev–Trinajstić information content (AvgIpc) is 2.46. The molecule has 0 aromatic carbocycles. The fourth-order valence-electron chi connectivity index (χ4n) is 2.78. The van der Waals surface area contributed by atoms with E-state index in [0.717, 1.165) is 12.8 Å². The second kappa shape index (κ2) is 3.62. The lowest BCUT2D eigenvalue weighted by Gasteiger charge is -2.32. The van der Waals surface area contributed by atoms with Crippen LogP contribution in [0, 0.1) is 5.41 Å². The van der Waals surface area contributed by atoms with E-state index in [1.165, 1.54) is 6.42 Å². The van der Waals surface area contributed by atoms with E-state index in [2.05, 4.69) is 13.8 Å². The summed E-state index contributed by atoms with van der Waals surface area (Å²) >= 11 is 0. The first-order chi connectivity index (χ1) is 6.98. The number of Topliss-reactive ketones (excluding diaryl/α,β-unsaturated/α-hetero) is 1. The first-order valence-electron chi connectivity index (χ1n) is 5.79. The van der Waals surface area contributed by atoms with E-state index in [1.54, 1.807) is 0 Å². The number of carbonyl (C=O) groups excluding carboxylic acids is 2. The van der Waals surface area contributed by atoms with Crippen molar-refractivity contribution in [2.75, 3.05) is 6.54 Å². The van der Waals surface area contributed by atoms with Crippen molar-refractivity contribution in [3.63, 3.8) is 0 Å². The summed E-state index contributed by atoms with van der Waals surface area (Å²) in [6, 6.07) is 0.389. The molecule has 0 spiro atoms. The van der Waals surface area contributed by atoms with Gasteiger partial charge in [0.05, 0.1) is 6.42 Å². The number of piperidine rings is 1. The predicted octanol–water partition coefficient (Wildman–Crippen LogP) is 1.76. The van der Waals surface area contributed by atoms with Gasteiger partial charge in [-0.05, 0) is 24.7 Å². The highest BCUT2D eigenvalue weighted by molar-refractivity contribution is 6.00. The number of hydrogen-bond donors (Lipinski definition) is 0. The van der Waals surface area contributed by atoms with Gasteiger partial charge in [0, 0.05) is 19.0 Å². The van der Waals surface area contributed by atoms with Gasteiger partial charge in [-0.3, -0.25) is 9.59 Å². The molecule has 3 heteroatoms. The zero-order chi connectivity index (χ0) is 11.1. The summed E-state index contributed by atoms with van der Waals surface area (Å²) in [6.45, 7) is 5.16. The van der Waals surface area contributed by atoms with E-state index >= 15 is 0 Å². The second-order valence-electron chi connectivity index (χ2n) is 5.61. The molecule has 15 heavy (non-hydrogen) atoms. The summed E-state index contributed by atoms with van der Waals surface area (Å²) in [5.74, 6) is 0.155. The smallest absolute Gasteiger partial charge is 0.230 e. The van der Waals surface area contributed by atoms with Crippen molar-refractivity contribution in [3.8, 4) is 0 Å². The van der Waals surface area contributed by atoms with Gasteiger partial charge in [-0.2, -0.15) is 0 Å². The molecule has 2 fully saturated rings. The molecule has 0 aromatic rings. The van der Waals surface area contributed by atoms with Crippen LogP contribution in [0.3, 0.4) is 0 Å². The van der Waals surface area contributed by atoms with Crippen molar-refractivity contribution in [1.29, 1.82) is 0 Å². The standard InChI is InChI=1S/C12H19NO2/c1-12(2)5-3-9(8-12)13-6-4-10(14)7-11(13)15/h9H,3-8H2,1-2H3. The number of likely N-dealkylation sites (tertiary alicyclic amines) is 1. The molecule has 1 saturated carbocycles. The Morgan fingerprint density at radius 3 is 2.60 bits per heavy atom. The van der Waals surface area contributed by atoms with E-state index in [-0.39, 0.29) is 18.1 Å². The fraction of sp³-hybridized carbons (Fsp3) is 0.833. The number of carbonyl (C=O) groups is 2. The predicted molar refractivity (Wildman–Crippen MR) is 57.4 cm³/mol. The van der Waals surface area contributed by atoms with E-state index < -0.39 is 0 Å². The molecule has 1 saturated heterocycles. The topological polar surface area (TPSA) is 37.4 Å². The van der Waals surface area contributed by atoms with Crippen LogP contribution in [0.25, 0.3) is 0 Å².